The van der Waals surface area contributed by atoms with Crippen molar-refractivity contribution in [2.24, 2.45) is 5.92 Å². The van der Waals surface area contributed by atoms with Crippen molar-refractivity contribution in [1.29, 1.82) is 0 Å². The minimum absolute atomic E-state index is 0.302. The molecule has 0 heterocycles. The normalized spacial score (nSPS) is 11.4. The minimum Gasteiger partial charge on any atom is -0.507 e. The molecule has 0 atom stereocenters. The van der Waals surface area contributed by atoms with Gasteiger partial charge in [0, 0.05) is 13.1 Å². The van der Waals surface area contributed by atoms with Crippen LogP contribution >= 0.6 is 15.9 Å². The van der Waals surface area contributed by atoms with Gasteiger partial charge in [-0.05, 0) is 46.1 Å². The third kappa shape index (κ3) is 4.14. The molecule has 0 saturated heterocycles. The number of halogens is 1. The van der Waals surface area contributed by atoms with E-state index in [-0.39, 0.29) is 0 Å². The highest BCUT2D eigenvalue weighted by atomic mass is 79.9. The lowest BCUT2D eigenvalue weighted by atomic mass is 10.1. The van der Waals surface area contributed by atoms with Crippen molar-refractivity contribution in [3.63, 3.8) is 0 Å². The van der Waals surface area contributed by atoms with Crippen LogP contribution in [-0.4, -0.2) is 23.1 Å². The van der Waals surface area contributed by atoms with Gasteiger partial charge in [-0.3, -0.25) is 4.90 Å². The second-order valence-electron chi connectivity index (χ2n) is 4.51. The predicted octanol–water partition coefficient (Wildman–Crippen LogP) is 3.63. The van der Waals surface area contributed by atoms with Crippen LogP contribution in [0, 0.1) is 5.92 Å². The first kappa shape index (κ1) is 13.5. The van der Waals surface area contributed by atoms with Gasteiger partial charge in [-0.15, -0.1) is 0 Å². The maximum Gasteiger partial charge on any atom is 0.129 e. The van der Waals surface area contributed by atoms with Crippen molar-refractivity contribution in [1.82, 2.24) is 4.90 Å². The monoisotopic (exact) mass is 285 g/mol. The Morgan fingerprint density at radius 1 is 1.38 bits per heavy atom. The molecule has 16 heavy (non-hydrogen) atoms. The Balaban J connectivity index is 2.66. The predicted molar refractivity (Wildman–Crippen MR) is 71.6 cm³/mol. The second-order valence-corrected chi connectivity index (χ2v) is 5.36. The quantitative estimate of drug-likeness (QED) is 0.893. The van der Waals surface area contributed by atoms with Crippen LogP contribution in [-0.2, 0) is 6.54 Å². The van der Waals surface area contributed by atoms with Crippen molar-refractivity contribution >= 4 is 15.9 Å². The summed E-state index contributed by atoms with van der Waals surface area (Å²) in [6.45, 7) is 9.74. The molecular weight excluding hydrogens is 266 g/mol. The Morgan fingerprint density at radius 2 is 2.06 bits per heavy atom. The van der Waals surface area contributed by atoms with Crippen LogP contribution < -0.4 is 0 Å². The maximum atomic E-state index is 9.42. The standard InChI is InChI=1S/C13H20BrNO/c1-4-15(8-10(2)3)9-11-5-6-13(16)12(14)7-11/h5-7,10,16H,4,8-9H2,1-3H3. The van der Waals surface area contributed by atoms with E-state index in [1.165, 1.54) is 5.56 Å². The molecular formula is C13H20BrNO. The van der Waals surface area contributed by atoms with E-state index < -0.39 is 0 Å². The molecule has 0 amide bonds. The summed E-state index contributed by atoms with van der Waals surface area (Å²) < 4.78 is 0.769. The lowest BCUT2D eigenvalue weighted by molar-refractivity contribution is 0.248. The lowest BCUT2D eigenvalue weighted by Gasteiger charge is -2.22. The Kier molecular flexibility index (Phi) is 5.29. The van der Waals surface area contributed by atoms with Crippen LogP contribution in [0.1, 0.15) is 26.3 Å². The summed E-state index contributed by atoms with van der Waals surface area (Å²) >= 11 is 3.34. The van der Waals surface area contributed by atoms with E-state index in [2.05, 4.69) is 41.6 Å². The maximum absolute atomic E-state index is 9.42. The Bertz CT molecular complexity index is 339. The summed E-state index contributed by atoms with van der Waals surface area (Å²) in [5, 5.41) is 9.42. The number of hydrogen-bond donors (Lipinski definition) is 1. The molecule has 0 aromatic heterocycles. The number of nitrogens with zero attached hydrogens (tertiary/aromatic N) is 1. The molecule has 90 valence electrons. The van der Waals surface area contributed by atoms with E-state index in [9.17, 15) is 5.11 Å². The molecule has 3 heteroatoms. The number of hydrogen-bond acceptors (Lipinski definition) is 2. The van der Waals surface area contributed by atoms with Gasteiger partial charge >= 0.3 is 0 Å². The highest BCUT2D eigenvalue weighted by Gasteiger charge is 2.07. The number of phenolic OH excluding ortho intramolecular Hbond substituents is 1. The van der Waals surface area contributed by atoms with Crippen LogP contribution in [0.4, 0.5) is 0 Å². The first-order chi connectivity index (χ1) is 7.52. The molecule has 1 aromatic carbocycles. The molecule has 0 spiro atoms. The summed E-state index contributed by atoms with van der Waals surface area (Å²) in [4.78, 5) is 2.41. The van der Waals surface area contributed by atoms with E-state index in [0.717, 1.165) is 24.1 Å². The van der Waals surface area contributed by atoms with Gasteiger partial charge in [0.2, 0.25) is 0 Å². The number of phenols is 1. The van der Waals surface area contributed by atoms with Gasteiger partial charge in [-0.2, -0.15) is 0 Å². The lowest BCUT2D eigenvalue weighted by Crippen LogP contribution is -2.27. The van der Waals surface area contributed by atoms with Gasteiger partial charge in [0.25, 0.3) is 0 Å². The van der Waals surface area contributed by atoms with Gasteiger partial charge in [0.1, 0.15) is 5.75 Å². The highest BCUT2D eigenvalue weighted by Crippen LogP contribution is 2.24. The molecule has 0 fully saturated rings. The van der Waals surface area contributed by atoms with E-state index in [1.54, 1.807) is 6.07 Å². The van der Waals surface area contributed by atoms with Gasteiger partial charge in [0.05, 0.1) is 4.47 Å². The average molecular weight is 286 g/mol. The van der Waals surface area contributed by atoms with Crippen LogP contribution in [0.3, 0.4) is 0 Å². The molecule has 0 unspecified atom stereocenters. The van der Waals surface area contributed by atoms with Crippen molar-refractivity contribution in [2.45, 2.75) is 27.3 Å². The molecule has 0 radical (unpaired) electrons. The van der Waals surface area contributed by atoms with E-state index in [0.29, 0.717) is 11.7 Å². The molecule has 1 N–H and O–H groups in total. The fourth-order valence-corrected chi connectivity index (χ4v) is 2.16. The zero-order valence-electron chi connectivity index (χ0n) is 10.2. The highest BCUT2D eigenvalue weighted by molar-refractivity contribution is 9.10. The van der Waals surface area contributed by atoms with Crippen LogP contribution in [0.15, 0.2) is 22.7 Å². The minimum atomic E-state index is 0.302. The first-order valence-electron chi connectivity index (χ1n) is 5.72. The summed E-state index contributed by atoms with van der Waals surface area (Å²) in [6.07, 6.45) is 0. The number of aromatic hydroxyl groups is 1. The molecule has 1 aromatic rings. The van der Waals surface area contributed by atoms with Crippen molar-refractivity contribution < 1.29 is 5.11 Å². The van der Waals surface area contributed by atoms with E-state index >= 15 is 0 Å². The average Bonchev–Trinajstić information content (AvgIpc) is 2.22. The zero-order valence-corrected chi connectivity index (χ0v) is 11.8. The molecule has 0 aliphatic rings. The van der Waals surface area contributed by atoms with E-state index in [1.807, 2.05) is 12.1 Å². The summed E-state index contributed by atoms with van der Waals surface area (Å²) in [5.74, 6) is 0.983. The molecule has 0 saturated carbocycles. The van der Waals surface area contributed by atoms with Crippen LogP contribution in [0.2, 0.25) is 0 Å². The molecule has 0 aliphatic heterocycles. The SMILES string of the molecule is CCN(Cc1ccc(O)c(Br)c1)CC(C)C. The van der Waals surface area contributed by atoms with E-state index in [4.69, 9.17) is 0 Å². The molecule has 0 aliphatic carbocycles. The van der Waals surface area contributed by atoms with Gasteiger partial charge < -0.3 is 5.11 Å². The van der Waals surface area contributed by atoms with Crippen LogP contribution in [0.5, 0.6) is 5.75 Å². The molecule has 1 rings (SSSR count). The number of benzene rings is 1. The fourth-order valence-electron chi connectivity index (χ4n) is 1.73. The van der Waals surface area contributed by atoms with Gasteiger partial charge in [-0.25, -0.2) is 0 Å². The Labute approximate surface area is 106 Å². The third-order valence-corrected chi connectivity index (χ3v) is 3.12. The fraction of sp³-hybridized carbons (Fsp3) is 0.538. The summed E-state index contributed by atoms with van der Waals surface area (Å²) in [6, 6.07) is 5.70. The largest absolute Gasteiger partial charge is 0.507 e. The van der Waals surface area contributed by atoms with Gasteiger partial charge in [0.15, 0.2) is 0 Å². The topological polar surface area (TPSA) is 23.5 Å². The Morgan fingerprint density at radius 3 is 2.56 bits per heavy atom. The van der Waals surface area contributed by atoms with Gasteiger partial charge in [-0.1, -0.05) is 26.8 Å². The second kappa shape index (κ2) is 6.26. The van der Waals surface area contributed by atoms with Crippen molar-refractivity contribution in [3.05, 3.63) is 28.2 Å². The first-order valence-corrected chi connectivity index (χ1v) is 6.52. The van der Waals surface area contributed by atoms with Crippen molar-refractivity contribution in [3.8, 4) is 5.75 Å². The summed E-state index contributed by atoms with van der Waals surface area (Å²) in [7, 11) is 0. The smallest absolute Gasteiger partial charge is 0.129 e. The zero-order chi connectivity index (χ0) is 12.1. The Hall–Kier alpha value is -0.540. The summed E-state index contributed by atoms with van der Waals surface area (Å²) in [5.41, 5.74) is 1.23. The number of rotatable bonds is 5. The third-order valence-electron chi connectivity index (χ3n) is 2.49. The van der Waals surface area contributed by atoms with Crippen molar-refractivity contribution in [2.75, 3.05) is 13.1 Å². The molecule has 2 nitrogen and oxygen atoms in total. The van der Waals surface area contributed by atoms with Crippen LogP contribution in [0.25, 0.3) is 0 Å². The molecule has 0 bridgehead atoms.